The molecule has 8 nitrogen and oxygen atoms in total. The van der Waals surface area contributed by atoms with E-state index in [1.807, 2.05) is 48.7 Å². The van der Waals surface area contributed by atoms with E-state index in [-0.39, 0.29) is 25.7 Å². The minimum Gasteiger partial charge on any atom is -0.446 e. The molecule has 2 aliphatic rings. The Labute approximate surface area is 224 Å². The molecule has 2 aromatic carbocycles. The predicted molar refractivity (Wildman–Crippen MR) is 143 cm³/mol. The van der Waals surface area contributed by atoms with Crippen molar-refractivity contribution in [1.29, 1.82) is 0 Å². The number of rotatable bonds is 5. The van der Waals surface area contributed by atoms with Gasteiger partial charge in [0.1, 0.15) is 11.9 Å². The average molecular weight is 531 g/mol. The van der Waals surface area contributed by atoms with Gasteiger partial charge < -0.3 is 15.0 Å². The number of amides is 1. The molecular formula is C29H28F2N6O2. The lowest BCUT2D eigenvalue weighted by Gasteiger charge is -2.32. The zero-order valence-corrected chi connectivity index (χ0v) is 21.2. The molecule has 1 amide bonds. The highest BCUT2D eigenvalue weighted by molar-refractivity contribution is 5.69. The number of hydrogen-bond donors (Lipinski definition) is 2. The maximum absolute atomic E-state index is 13.4. The smallest absolute Gasteiger partial charge is 0.410 e. The molecule has 3 heterocycles. The predicted octanol–water partition coefficient (Wildman–Crippen LogP) is 6.35. The second-order valence-electron chi connectivity index (χ2n) is 10.0. The number of fused-ring (bicyclic) bond motifs is 1. The SMILES string of the molecule is O=C(OC1CCC(F)(F)CC1)N1CCc2cc(-c3nccc(Nc4ccc(-c5cn[nH]c5)cc4)n3)ccc2C1. The van der Waals surface area contributed by atoms with Gasteiger partial charge >= 0.3 is 6.09 Å². The first-order valence-electron chi connectivity index (χ1n) is 13.1. The molecule has 1 aliphatic heterocycles. The molecule has 0 unspecified atom stereocenters. The lowest BCUT2D eigenvalue weighted by Crippen LogP contribution is -2.39. The highest BCUT2D eigenvalue weighted by atomic mass is 19.3. The van der Waals surface area contributed by atoms with E-state index in [4.69, 9.17) is 9.72 Å². The molecule has 1 fully saturated rings. The Morgan fingerprint density at radius 2 is 1.82 bits per heavy atom. The molecule has 0 radical (unpaired) electrons. The van der Waals surface area contributed by atoms with Crippen LogP contribution in [0.1, 0.15) is 36.8 Å². The molecule has 1 aliphatic carbocycles. The van der Waals surface area contributed by atoms with Crippen molar-refractivity contribution in [2.24, 2.45) is 0 Å². The zero-order valence-electron chi connectivity index (χ0n) is 21.2. The van der Waals surface area contributed by atoms with E-state index in [1.54, 1.807) is 17.3 Å². The summed E-state index contributed by atoms with van der Waals surface area (Å²) in [5.74, 6) is -1.35. The van der Waals surface area contributed by atoms with E-state index in [9.17, 15) is 13.6 Å². The molecule has 0 atom stereocenters. The van der Waals surface area contributed by atoms with E-state index in [0.717, 1.165) is 33.5 Å². The van der Waals surface area contributed by atoms with Gasteiger partial charge in [0.2, 0.25) is 5.92 Å². The number of aromatic nitrogens is 4. The van der Waals surface area contributed by atoms with Gasteiger partial charge in [0.25, 0.3) is 0 Å². The highest BCUT2D eigenvalue weighted by Crippen LogP contribution is 2.35. The van der Waals surface area contributed by atoms with Crippen molar-refractivity contribution >= 4 is 17.6 Å². The van der Waals surface area contributed by atoms with Crippen LogP contribution in [0.2, 0.25) is 0 Å². The summed E-state index contributed by atoms with van der Waals surface area (Å²) >= 11 is 0. The van der Waals surface area contributed by atoms with E-state index >= 15 is 0 Å². The lowest BCUT2D eigenvalue weighted by molar-refractivity contribution is -0.0691. The second kappa shape index (κ2) is 10.4. The van der Waals surface area contributed by atoms with Gasteiger partial charge in [0.15, 0.2) is 5.82 Å². The van der Waals surface area contributed by atoms with E-state index < -0.39 is 18.1 Å². The number of alkyl halides is 2. The van der Waals surface area contributed by atoms with Crippen molar-refractivity contribution in [3.8, 4) is 22.5 Å². The van der Waals surface area contributed by atoms with Crippen LogP contribution in [0.4, 0.5) is 25.1 Å². The van der Waals surface area contributed by atoms with Crippen molar-refractivity contribution in [2.45, 2.75) is 50.7 Å². The molecule has 6 rings (SSSR count). The van der Waals surface area contributed by atoms with Crippen molar-refractivity contribution < 1.29 is 18.3 Å². The number of nitrogens with one attached hydrogen (secondary N) is 2. The number of H-pyrrole nitrogens is 1. The third-order valence-corrected chi connectivity index (χ3v) is 7.31. The molecule has 0 bridgehead atoms. The van der Waals surface area contributed by atoms with Crippen molar-refractivity contribution in [3.05, 3.63) is 78.2 Å². The summed E-state index contributed by atoms with van der Waals surface area (Å²) in [5.41, 5.74) is 6.06. The number of anilines is 2. The summed E-state index contributed by atoms with van der Waals surface area (Å²) in [5, 5.41) is 10.1. The van der Waals surface area contributed by atoms with Crippen LogP contribution in [0.25, 0.3) is 22.5 Å². The topological polar surface area (TPSA) is 96.0 Å². The van der Waals surface area contributed by atoms with E-state index in [2.05, 4.69) is 26.6 Å². The minimum atomic E-state index is -2.64. The molecule has 1 saturated carbocycles. The molecule has 2 aromatic heterocycles. The van der Waals surface area contributed by atoms with Crippen molar-refractivity contribution in [1.82, 2.24) is 25.1 Å². The van der Waals surface area contributed by atoms with Gasteiger partial charge in [-0.1, -0.05) is 24.3 Å². The summed E-state index contributed by atoms with van der Waals surface area (Å²) in [6.07, 6.45) is 5.11. The van der Waals surface area contributed by atoms with Crippen LogP contribution in [0.3, 0.4) is 0 Å². The number of carbonyl (C=O) groups excluding carboxylic acids is 1. The van der Waals surface area contributed by atoms with Gasteiger partial charge in [-0.15, -0.1) is 0 Å². The lowest BCUT2D eigenvalue weighted by atomic mass is 9.94. The Bertz CT molecular complexity index is 1450. The Kier molecular flexibility index (Phi) is 6.68. The maximum Gasteiger partial charge on any atom is 0.410 e. The van der Waals surface area contributed by atoms with Crippen LogP contribution < -0.4 is 5.32 Å². The van der Waals surface area contributed by atoms with E-state index in [1.165, 1.54) is 0 Å². The van der Waals surface area contributed by atoms with Gasteiger partial charge in [-0.3, -0.25) is 5.10 Å². The first-order chi connectivity index (χ1) is 18.9. The van der Waals surface area contributed by atoms with Gasteiger partial charge in [-0.25, -0.2) is 23.5 Å². The number of ether oxygens (including phenoxy) is 1. The number of nitrogens with zero attached hydrogens (tertiary/aromatic N) is 4. The summed E-state index contributed by atoms with van der Waals surface area (Å²) in [7, 11) is 0. The Balaban J connectivity index is 1.09. The van der Waals surface area contributed by atoms with Gasteiger partial charge in [-0.05, 0) is 60.2 Å². The van der Waals surface area contributed by atoms with Gasteiger partial charge in [0, 0.05) is 55.1 Å². The van der Waals surface area contributed by atoms with Gasteiger partial charge in [-0.2, -0.15) is 5.10 Å². The zero-order chi connectivity index (χ0) is 26.8. The standard InChI is InChI=1S/C29H28F2N6O2/c30-29(31)11-7-25(8-12-29)39-28(38)37-14-10-20-15-21(1-2-22(20)18-37)27-32-13-9-26(36-27)35-24-5-3-19(4-6-24)23-16-33-34-17-23/h1-6,9,13,15-17,25H,7-8,10-12,14,18H2,(H,33,34)(H,32,35,36). The van der Waals surface area contributed by atoms with Crippen molar-refractivity contribution in [3.63, 3.8) is 0 Å². The normalized spacial score (nSPS) is 16.9. The Morgan fingerprint density at radius 1 is 1.03 bits per heavy atom. The monoisotopic (exact) mass is 530 g/mol. The number of aromatic amines is 1. The molecule has 0 saturated heterocycles. The summed E-state index contributed by atoms with van der Waals surface area (Å²) in [6.45, 7) is 0.935. The van der Waals surface area contributed by atoms with Crippen LogP contribution in [0.15, 0.2) is 67.1 Å². The van der Waals surface area contributed by atoms with Crippen LogP contribution in [-0.2, 0) is 17.7 Å². The summed E-state index contributed by atoms with van der Waals surface area (Å²) < 4.78 is 32.3. The number of carbonyl (C=O) groups is 1. The van der Waals surface area contributed by atoms with Crippen LogP contribution in [0, 0.1) is 0 Å². The first kappa shape index (κ1) is 25.0. The molecule has 200 valence electrons. The third kappa shape index (κ3) is 5.74. The second-order valence-corrected chi connectivity index (χ2v) is 10.0. The van der Waals surface area contributed by atoms with E-state index in [0.29, 0.717) is 31.2 Å². The third-order valence-electron chi connectivity index (χ3n) is 7.31. The maximum atomic E-state index is 13.4. The molecule has 4 aromatic rings. The number of benzene rings is 2. The fourth-order valence-corrected chi connectivity index (χ4v) is 5.07. The van der Waals surface area contributed by atoms with Crippen molar-refractivity contribution in [2.75, 3.05) is 11.9 Å². The fraction of sp³-hybridized carbons (Fsp3) is 0.310. The summed E-state index contributed by atoms with van der Waals surface area (Å²) in [6, 6.07) is 15.9. The largest absolute Gasteiger partial charge is 0.446 e. The molecule has 0 spiro atoms. The van der Waals surface area contributed by atoms with Crippen LogP contribution in [0.5, 0.6) is 0 Å². The minimum absolute atomic E-state index is 0.205. The molecular weight excluding hydrogens is 502 g/mol. The van der Waals surface area contributed by atoms with Gasteiger partial charge in [0.05, 0.1) is 6.20 Å². The van der Waals surface area contributed by atoms with Crippen LogP contribution in [-0.4, -0.2) is 49.7 Å². The number of hydrogen-bond acceptors (Lipinski definition) is 6. The Hall–Kier alpha value is -4.34. The number of halogens is 2. The summed E-state index contributed by atoms with van der Waals surface area (Å²) in [4.78, 5) is 23.5. The molecule has 39 heavy (non-hydrogen) atoms. The fourth-order valence-electron chi connectivity index (χ4n) is 5.07. The quantitative estimate of drug-likeness (QED) is 0.312. The highest BCUT2D eigenvalue weighted by Gasteiger charge is 2.37. The van der Waals surface area contributed by atoms with Crippen LogP contribution >= 0.6 is 0 Å². The molecule has 10 heteroatoms. The first-order valence-corrected chi connectivity index (χ1v) is 13.1. The average Bonchev–Trinajstić information content (AvgIpc) is 3.49. The molecule has 2 N–H and O–H groups in total. The Morgan fingerprint density at radius 3 is 2.59 bits per heavy atom.